The van der Waals surface area contributed by atoms with Crippen LogP contribution in [-0.2, 0) is 15.5 Å². The van der Waals surface area contributed by atoms with Crippen molar-refractivity contribution in [3.63, 3.8) is 0 Å². The molecule has 0 saturated heterocycles. The van der Waals surface area contributed by atoms with Gasteiger partial charge in [-0.1, -0.05) is 6.08 Å². The molecular weight excluding hydrogens is 206 g/mol. The molecule has 13 heavy (non-hydrogen) atoms. The van der Waals surface area contributed by atoms with Crippen LogP contribution in [0.25, 0.3) is 0 Å². The molecule has 0 rings (SSSR count). The molecule has 0 radical (unpaired) electrons. The maximum atomic E-state index is 10.6. The fourth-order valence-corrected chi connectivity index (χ4v) is 1.27. The predicted octanol–water partition coefficient (Wildman–Crippen LogP) is 1.18. The van der Waals surface area contributed by atoms with E-state index in [1.165, 1.54) is 0 Å². The Morgan fingerprint density at radius 1 is 1.69 bits per heavy atom. The first-order valence-electron chi connectivity index (χ1n) is 4.06. The third kappa shape index (κ3) is 9.49. The molecule has 5 heteroatoms. The van der Waals surface area contributed by atoms with E-state index in [-0.39, 0.29) is 0 Å². The zero-order chi connectivity index (χ0) is 10.1. The van der Waals surface area contributed by atoms with Crippen molar-refractivity contribution in [2.24, 2.45) is 0 Å². The number of ether oxygens (including phenoxy) is 1. The van der Waals surface area contributed by atoms with E-state index in [9.17, 15) is 4.21 Å². The maximum Gasteiger partial charge on any atom is 0.256 e. The summed E-state index contributed by atoms with van der Waals surface area (Å²) < 4.78 is 15.6. The van der Waals surface area contributed by atoms with Crippen LogP contribution in [-0.4, -0.2) is 28.8 Å². The average Bonchev–Trinajstić information content (AvgIpc) is 2.03. The van der Waals surface area contributed by atoms with Crippen molar-refractivity contribution in [2.75, 3.05) is 19.4 Å². The molecule has 1 unspecified atom stereocenters. The third-order valence-electron chi connectivity index (χ3n) is 1.14. The van der Waals surface area contributed by atoms with Crippen molar-refractivity contribution in [1.29, 1.82) is 0 Å². The minimum Gasteiger partial charge on any atom is -0.471 e. The van der Waals surface area contributed by atoms with E-state index in [4.69, 9.17) is 17.0 Å². The van der Waals surface area contributed by atoms with Crippen LogP contribution in [0.2, 0.25) is 0 Å². The lowest BCUT2D eigenvalue weighted by Crippen LogP contribution is -2.24. The third-order valence-corrected chi connectivity index (χ3v) is 1.98. The molecule has 0 amide bonds. The first kappa shape index (κ1) is 12.6. The molecule has 0 aliphatic rings. The Morgan fingerprint density at radius 2 is 2.38 bits per heavy atom. The van der Waals surface area contributed by atoms with Crippen LogP contribution in [0.4, 0.5) is 0 Å². The summed E-state index contributed by atoms with van der Waals surface area (Å²) in [5.74, 6) is 0. The lowest BCUT2D eigenvalue weighted by Gasteiger charge is -2.05. The van der Waals surface area contributed by atoms with Crippen LogP contribution < -0.4 is 5.32 Å². The second kappa shape index (κ2) is 8.19. The van der Waals surface area contributed by atoms with Crippen LogP contribution in [0, 0.1) is 0 Å². The summed E-state index contributed by atoms with van der Waals surface area (Å²) in [5.41, 5.74) is 0. The van der Waals surface area contributed by atoms with E-state index in [1.807, 2.05) is 13.0 Å². The second-order valence-electron chi connectivity index (χ2n) is 2.31. The normalized spacial score (nSPS) is 12.8. The Balaban J connectivity index is 3.35. The smallest absolute Gasteiger partial charge is 0.256 e. The molecule has 0 aromatic rings. The van der Waals surface area contributed by atoms with Gasteiger partial charge in [-0.25, -0.2) is 0 Å². The summed E-state index contributed by atoms with van der Waals surface area (Å²) in [7, 11) is -0.856. The van der Waals surface area contributed by atoms with Gasteiger partial charge in [0.15, 0.2) is 0 Å². The van der Waals surface area contributed by atoms with Crippen molar-refractivity contribution in [1.82, 2.24) is 5.32 Å². The zero-order valence-corrected chi connectivity index (χ0v) is 9.54. The summed E-state index contributed by atoms with van der Waals surface area (Å²) in [6.07, 6.45) is 4.29. The van der Waals surface area contributed by atoms with Gasteiger partial charge in [-0.15, -0.1) is 0 Å². The van der Waals surface area contributed by atoms with Gasteiger partial charge in [0.05, 0.1) is 6.61 Å². The van der Waals surface area contributed by atoms with Gasteiger partial charge in [-0.3, -0.25) is 4.21 Å². The Kier molecular flexibility index (Phi) is 7.93. The number of hydrogen-bond acceptors (Lipinski definition) is 3. The molecule has 0 aliphatic heterocycles. The molecule has 0 heterocycles. The monoisotopic (exact) mass is 221 g/mol. The molecule has 0 saturated carbocycles. The van der Waals surface area contributed by atoms with Crippen molar-refractivity contribution in [2.45, 2.75) is 13.3 Å². The van der Waals surface area contributed by atoms with Gasteiger partial charge in [0.25, 0.3) is 5.17 Å². The van der Waals surface area contributed by atoms with Gasteiger partial charge >= 0.3 is 0 Å². The Bertz CT molecular complexity index is 204. The molecule has 0 aromatic carbocycles. The summed E-state index contributed by atoms with van der Waals surface area (Å²) in [6, 6.07) is 0. The van der Waals surface area contributed by atoms with Gasteiger partial charge in [-0.2, -0.15) is 0 Å². The molecule has 0 aromatic heterocycles. The number of hydrogen-bond donors (Lipinski definition) is 1. The van der Waals surface area contributed by atoms with E-state index in [0.717, 1.165) is 6.42 Å². The summed E-state index contributed by atoms with van der Waals surface area (Å²) in [6.45, 7) is 3.18. The Hall–Kier alpha value is -0.420. The minimum absolute atomic E-state index is 0.425. The van der Waals surface area contributed by atoms with Crippen molar-refractivity contribution < 1.29 is 8.95 Å². The van der Waals surface area contributed by atoms with Crippen LogP contribution in [0.15, 0.2) is 11.5 Å². The van der Waals surface area contributed by atoms with Crippen molar-refractivity contribution in [3.05, 3.63) is 11.5 Å². The molecule has 1 N–H and O–H groups in total. The first-order chi connectivity index (χ1) is 6.16. The average molecular weight is 221 g/mol. The highest BCUT2D eigenvalue weighted by molar-refractivity contribution is 7.87. The lowest BCUT2D eigenvalue weighted by molar-refractivity contribution is 0.320. The van der Waals surface area contributed by atoms with Crippen molar-refractivity contribution in [3.8, 4) is 0 Å². The van der Waals surface area contributed by atoms with E-state index < -0.39 is 10.8 Å². The quantitative estimate of drug-likeness (QED) is 0.559. The Morgan fingerprint density at radius 3 is 2.92 bits per heavy atom. The van der Waals surface area contributed by atoms with E-state index in [0.29, 0.717) is 18.3 Å². The van der Waals surface area contributed by atoms with Crippen molar-refractivity contribution >= 4 is 28.2 Å². The Labute approximate surface area is 87.0 Å². The minimum atomic E-state index is -0.856. The van der Waals surface area contributed by atoms with Crippen LogP contribution in [0.1, 0.15) is 13.3 Å². The van der Waals surface area contributed by atoms with Gasteiger partial charge in [0.1, 0.15) is 0 Å². The largest absolute Gasteiger partial charge is 0.471 e. The SMILES string of the molecule is CCOC(=S)NCCC=CS(C)=O. The number of thiocarbonyl (C=S) groups is 1. The van der Waals surface area contributed by atoms with Gasteiger partial charge < -0.3 is 10.1 Å². The molecule has 3 nitrogen and oxygen atoms in total. The topological polar surface area (TPSA) is 38.3 Å². The molecular formula is C8H15NO2S2. The highest BCUT2D eigenvalue weighted by atomic mass is 32.2. The molecule has 0 spiro atoms. The highest BCUT2D eigenvalue weighted by Gasteiger charge is 1.91. The molecule has 76 valence electrons. The lowest BCUT2D eigenvalue weighted by atomic mass is 10.4. The van der Waals surface area contributed by atoms with Gasteiger partial charge in [0, 0.05) is 23.6 Å². The maximum absolute atomic E-state index is 10.6. The van der Waals surface area contributed by atoms with Crippen LogP contribution >= 0.6 is 12.2 Å². The fraction of sp³-hybridized carbons (Fsp3) is 0.625. The van der Waals surface area contributed by atoms with Crippen LogP contribution in [0.5, 0.6) is 0 Å². The van der Waals surface area contributed by atoms with Crippen LogP contribution in [0.3, 0.4) is 0 Å². The van der Waals surface area contributed by atoms with E-state index in [2.05, 4.69) is 5.32 Å². The van der Waals surface area contributed by atoms with Gasteiger partial charge in [0.2, 0.25) is 0 Å². The van der Waals surface area contributed by atoms with E-state index in [1.54, 1.807) is 11.7 Å². The number of rotatable bonds is 5. The zero-order valence-electron chi connectivity index (χ0n) is 7.91. The van der Waals surface area contributed by atoms with E-state index >= 15 is 0 Å². The predicted molar refractivity (Wildman–Crippen MR) is 60.1 cm³/mol. The number of nitrogens with one attached hydrogen (secondary N) is 1. The van der Waals surface area contributed by atoms with Gasteiger partial charge in [-0.05, 0) is 31.0 Å². The molecule has 0 fully saturated rings. The molecule has 1 atom stereocenters. The first-order valence-corrected chi connectivity index (χ1v) is 6.09. The standard InChI is InChI=1S/C8H15NO2S2/c1-3-11-8(12)9-6-4-5-7-13(2)10/h5,7H,3-4,6H2,1-2H3,(H,9,12). The summed E-state index contributed by atoms with van der Waals surface area (Å²) >= 11 is 4.84. The molecule has 0 aliphatic carbocycles. The summed E-state index contributed by atoms with van der Waals surface area (Å²) in [5, 5.41) is 5.00. The highest BCUT2D eigenvalue weighted by Crippen LogP contribution is 1.85. The molecule has 0 bridgehead atoms. The fourth-order valence-electron chi connectivity index (χ4n) is 0.643. The second-order valence-corrected chi connectivity index (χ2v) is 3.95. The summed E-state index contributed by atoms with van der Waals surface area (Å²) in [4.78, 5) is 0.